The van der Waals surface area contributed by atoms with Crippen molar-refractivity contribution in [1.82, 2.24) is 0 Å². The van der Waals surface area contributed by atoms with Crippen molar-refractivity contribution in [3.63, 3.8) is 0 Å². The van der Waals surface area contributed by atoms with E-state index in [2.05, 4.69) is 64.1 Å². The van der Waals surface area contributed by atoms with E-state index < -0.39 is 0 Å². The standard InChI is InChI=1S/C20H18/c1-11-9-10-17-15-7-5-6-8-16(15)19-14(4)12(2)13(3)18(11)20(17)19/h5-10H,1-4H3. The molecule has 4 rings (SSSR count). The van der Waals surface area contributed by atoms with Crippen LogP contribution in [0.15, 0.2) is 36.4 Å². The summed E-state index contributed by atoms with van der Waals surface area (Å²) in [6, 6.07) is 13.4. The van der Waals surface area contributed by atoms with Gasteiger partial charge in [-0.25, -0.2) is 0 Å². The highest BCUT2D eigenvalue weighted by atomic mass is 14.3. The van der Waals surface area contributed by atoms with Crippen LogP contribution in [0.25, 0.3) is 33.0 Å². The van der Waals surface area contributed by atoms with Crippen molar-refractivity contribution in [1.29, 1.82) is 0 Å². The van der Waals surface area contributed by atoms with Gasteiger partial charge in [-0.3, -0.25) is 0 Å². The van der Waals surface area contributed by atoms with E-state index in [4.69, 9.17) is 0 Å². The van der Waals surface area contributed by atoms with Gasteiger partial charge in [0.2, 0.25) is 0 Å². The molecule has 0 nitrogen and oxygen atoms in total. The van der Waals surface area contributed by atoms with E-state index in [-0.39, 0.29) is 0 Å². The molecule has 20 heavy (non-hydrogen) atoms. The summed E-state index contributed by atoms with van der Waals surface area (Å²) in [4.78, 5) is 0. The number of aryl methyl sites for hydroxylation is 2. The number of rotatable bonds is 0. The Hall–Kier alpha value is -2.08. The molecule has 1 aliphatic carbocycles. The van der Waals surface area contributed by atoms with E-state index in [1.807, 2.05) is 0 Å². The topological polar surface area (TPSA) is 0 Å². The zero-order valence-electron chi connectivity index (χ0n) is 12.5. The SMILES string of the molecule is Cc1c(C)c2c3c(ccc(C)c3c1C)-c1ccccc1-2. The van der Waals surface area contributed by atoms with Gasteiger partial charge in [-0.15, -0.1) is 0 Å². The lowest BCUT2D eigenvalue weighted by atomic mass is 9.88. The zero-order chi connectivity index (χ0) is 14.0. The molecule has 0 radical (unpaired) electrons. The molecule has 1 aliphatic rings. The van der Waals surface area contributed by atoms with E-state index in [0.717, 1.165) is 0 Å². The molecular weight excluding hydrogens is 240 g/mol. The first-order valence-electron chi connectivity index (χ1n) is 7.24. The molecule has 0 amide bonds. The van der Waals surface area contributed by atoms with Crippen LogP contribution in [-0.4, -0.2) is 0 Å². The van der Waals surface area contributed by atoms with Crippen molar-refractivity contribution in [2.24, 2.45) is 0 Å². The lowest BCUT2D eigenvalue weighted by Gasteiger charge is -2.15. The van der Waals surface area contributed by atoms with Crippen LogP contribution in [0, 0.1) is 27.7 Å². The molecule has 0 heterocycles. The average Bonchev–Trinajstić information content (AvgIpc) is 2.78. The van der Waals surface area contributed by atoms with Crippen LogP contribution in [0.3, 0.4) is 0 Å². The minimum atomic E-state index is 1.39. The van der Waals surface area contributed by atoms with Gasteiger partial charge in [0, 0.05) is 0 Å². The molecule has 0 saturated carbocycles. The van der Waals surface area contributed by atoms with Crippen LogP contribution in [0.4, 0.5) is 0 Å². The van der Waals surface area contributed by atoms with E-state index in [0.29, 0.717) is 0 Å². The van der Waals surface area contributed by atoms with E-state index >= 15 is 0 Å². The highest BCUT2D eigenvalue weighted by Crippen LogP contribution is 2.50. The van der Waals surface area contributed by atoms with Crippen molar-refractivity contribution >= 4 is 10.8 Å². The quantitative estimate of drug-likeness (QED) is 0.378. The van der Waals surface area contributed by atoms with Crippen LogP contribution in [0.1, 0.15) is 22.3 Å². The summed E-state index contributed by atoms with van der Waals surface area (Å²) in [6.45, 7) is 9.02. The molecule has 3 aromatic carbocycles. The smallest absolute Gasteiger partial charge is 0.00182 e. The molecular formula is C20H18. The van der Waals surface area contributed by atoms with Crippen LogP contribution >= 0.6 is 0 Å². The van der Waals surface area contributed by atoms with Gasteiger partial charge in [-0.2, -0.15) is 0 Å². The molecule has 0 atom stereocenters. The van der Waals surface area contributed by atoms with E-state index in [1.54, 1.807) is 0 Å². The fourth-order valence-electron chi connectivity index (χ4n) is 3.79. The summed E-state index contributed by atoms with van der Waals surface area (Å²) < 4.78 is 0. The summed E-state index contributed by atoms with van der Waals surface area (Å²) >= 11 is 0. The minimum absolute atomic E-state index is 1.39. The van der Waals surface area contributed by atoms with Gasteiger partial charge in [-0.1, -0.05) is 36.4 Å². The van der Waals surface area contributed by atoms with Crippen molar-refractivity contribution in [2.75, 3.05) is 0 Å². The van der Waals surface area contributed by atoms with Gasteiger partial charge in [0.1, 0.15) is 0 Å². The monoisotopic (exact) mass is 258 g/mol. The number of fused-ring (bicyclic) bond motifs is 3. The molecule has 0 bridgehead atoms. The third-order valence-corrected chi connectivity index (χ3v) is 5.03. The first-order chi connectivity index (χ1) is 9.61. The highest BCUT2D eigenvalue weighted by molar-refractivity contribution is 6.18. The van der Waals surface area contributed by atoms with Crippen LogP contribution in [0.2, 0.25) is 0 Å². The summed E-state index contributed by atoms with van der Waals surface area (Å²) in [5.41, 5.74) is 11.3. The van der Waals surface area contributed by atoms with E-state index in [1.165, 1.54) is 55.3 Å². The second-order valence-corrected chi connectivity index (χ2v) is 5.98. The number of hydrogen-bond acceptors (Lipinski definition) is 0. The Morgan fingerprint density at radius 2 is 1.25 bits per heavy atom. The van der Waals surface area contributed by atoms with Gasteiger partial charge in [0.05, 0.1) is 0 Å². The van der Waals surface area contributed by atoms with Crippen LogP contribution < -0.4 is 0 Å². The first kappa shape index (κ1) is 11.7. The van der Waals surface area contributed by atoms with Crippen LogP contribution in [0.5, 0.6) is 0 Å². The first-order valence-corrected chi connectivity index (χ1v) is 7.24. The van der Waals surface area contributed by atoms with Gasteiger partial charge in [0.25, 0.3) is 0 Å². The summed E-state index contributed by atoms with van der Waals surface area (Å²) in [5, 5.41) is 2.92. The largest absolute Gasteiger partial charge is 0.0616 e. The van der Waals surface area contributed by atoms with Crippen LogP contribution in [-0.2, 0) is 0 Å². The second kappa shape index (κ2) is 3.73. The van der Waals surface area contributed by atoms with Gasteiger partial charge in [-0.05, 0) is 83.0 Å². The fourth-order valence-corrected chi connectivity index (χ4v) is 3.79. The summed E-state index contributed by atoms with van der Waals surface area (Å²) in [5.74, 6) is 0. The van der Waals surface area contributed by atoms with Crippen molar-refractivity contribution in [2.45, 2.75) is 27.7 Å². The Bertz CT molecular complexity index is 882. The maximum Gasteiger partial charge on any atom is -0.00182 e. The molecule has 0 aliphatic heterocycles. The second-order valence-electron chi connectivity index (χ2n) is 5.98. The lowest BCUT2D eigenvalue weighted by molar-refractivity contribution is 1.29. The zero-order valence-corrected chi connectivity index (χ0v) is 12.5. The Morgan fingerprint density at radius 3 is 2.00 bits per heavy atom. The third-order valence-electron chi connectivity index (χ3n) is 5.03. The fraction of sp³-hybridized carbons (Fsp3) is 0.200. The predicted molar refractivity (Wildman–Crippen MR) is 87.3 cm³/mol. The highest BCUT2D eigenvalue weighted by Gasteiger charge is 2.25. The minimum Gasteiger partial charge on any atom is -0.0616 e. The molecule has 0 N–H and O–H groups in total. The van der Waals surface area contributed by atoms with Gasteiger partial charge in [0.15, 0.2) is 0 Å². The van der Waals surface area contributed by atoms with Crippen molar-refractivity contribution < 1.29 is 0 Å². The molecule has 0 unspecified atom stereocenters. The Kier molecular flexibility index (Phi) is 2.18. The normalized spacial score (nSPS) is 12.0. The molecule has 0 aromatic heterocycles. The number of benzene rings is 3. The maximum absolute atomic E-state index is 2.29. The molecule has 3 aromatic rings. The lowest BCUT2D eigenvalue weighted by Crippen LogP contribution is -1.94. The van der Waals surface area contributed by atoms with Crippen molar-refractivity contribution in [3.8, 4) is 22.3 Å². The molecule has 98 valence electrons. The molecule has 0 saturated heterocycles. The maximum atomic E-state index is 2.29. The Morgan fingerprint density at radius 1 is 0.550 bits per heavy atom. The summed E-state index contributed by atoms with van der Waals surface area (Å²) in [6.07, 6.45) is 0. The Labute approximate surface area is 120 Å². The predicted octanol–water partition coefficient (Wildman–Crippen LogP) is 5.72. The van der Waals surface area contributed by atoms with Gasteiger partial charge >= 0.3 is 0 Å². The third kappa shape index (κ3) is 1.22. The average molecular weight is 258 g/mol. The van der Waals surface area contributed by atoms with Gasteiger partial charge < -0.3 is 0 Å². The summed E-state index contributed by atoms with van der Waals surface area (Å²) in [7, 11) is 0. The molecule has 0 fully saturated rings. The number of hydrogen-bond donors (Lipinski definition) is 0. The Balaban J connectivity index is 2.36. The molecule has 0 spiro atoms. The van der Waals surface area contributed by atoms with Crippen molar-refractivity contribution in [3.05, 3.63) is 58.7 Å². The van der Waals surface area contributed by atoms with E-state index in [9.17, 15) is 0 Å². The molecule has 0 heteroatoms.